The van der Waals surface area contributed by atoms with Crippen LogP contribution in [0.1, 0.15) is 18.9 Å². The van der Waals surface area contributed by atoms with E-state index in [0.717, 1.165) is 29.0 Å². The van der Waals surface area contributed by atoms with Crippen LogP contribution < -0.4 is 5.32 Å². The van der Waals surface area contributed by atoms with Crippen LogP contribution in [0.25, 0.3) is 6.08 Å². The van der Waals surface area contributed by atoms with Gasteiger partial charge >= 0.3 is 0 Å². The lowest BCUT2D eigenvalue weighted by Crippen LogP contribution is -1.98. The Balaban J connectivity index is 2.22. The Bertz CT molecular complexity index is 704. The van der Waals surface area contributed by atoms with Crippen LogP contribution in [-0.4, -0.2) is 7.05 Å². The highest BCUT2D eigenvalue weighted by Gasteiger charge is 2.10. The fourth-order valence-corrected chi connectivity index (χ4v) is 2.10. The van der Waals surface area contributed by atoms with Crippen LogP contribution in [0, 0.1) is 11.3 Å². The summed E-state index contributed by atoms with van der Waals surface area (Å²) in [5.74, 6) is 1.53. The monoisotopic (exact) mass is 310 g/mol. The fraction of sp³-hybridized carbons (Fsp3) is 0.167. The summed E-state index contributed by atoms with van der Waals surface area (Å²) in [6.45, 7) is 2.01. The molecule has 0 saturated heterocycles. The van der Waals surface area contributed by atoms with Crippen LogP contribution in [0.4, 0.5) is 5.69 Å². The van der Waals surface area contributed by atoms with E-state index in [1.165, 1.54) is 0 Å². The van der Waals surface area contributed by atoms with Gasteiger partial charge in [-0.05, 0) is 35.9 Å². The minimum Gasteiger partial charge on any atom is -0.462 e. The summed E-state index contributed by atoms with van der Waals surface area (Å²) in [4.78, 5) is 0.388. The van der Waals surface area contributed by atoms with E-state index < -0.39 is 0 Å². The number of thiol groups is 1. The van der Waals surface area contributed by atoms with E-state index in [1.54, 1.807) is 0 Å². The summed E-state index contributed by atoms with van der Waals surface area (Å²) in [7, 11) is 1.89. The summed E-state index contributed by atoms with van der Waals surface area (Å²) in [6, 6.07) is 10.1. The maximum absolute atomic E-state index is 8.98. The highest BCUT2D eigenvalue weighted by Crippen LogP contribution is 2.25. The first-order valence-corrected chi connectivity index (χ1v) is 7.50. The zero-order chi connectivity index (χ0) is 15.9. The van der Waals surface area contributed by atoms with E-state index >= 15 is 0 Å². The van der Waals surface area contributed by atoms with Crippen molar-refractivity contribution in [3.63, 3.8) is 0 Å². The standard InChI is InChI=1S/C18H18N2OS/c1-3-16-10-14(18(22)12-19)11-17(21-16)9-6-13-4-7-15(20-2)8-5-13/h4-11,20,22H,3H2,1-2H3/b9-6?,18-14-. The van der Waals surface area contributed by atoms with Gasteiger partial charge in [-0.25, -0.2) is 0 Å². The van der Waals surface area contributed by atoms with Crippen LogP contribution >= 0.6 is 12.6 Å². The molecular weight excluding hydrogens is 292 g/mol. The molecule has 0 bridgehead atoms. The molecule has 1 heterocycles. The molecule has 0 saturated carbocycles. The Morgan fingerprint density at radius 1 is 1.27 bits per heavy atom. The number of hydrogen-bond donors (Lipinski definition) is 2. The Hall–Kier alpha value is -2.38. The zero-order valence-corrected chi connectivity index (χ0v) is 13.5. The zero-order valence-electron chi connectivity index (χ0n) is 12.6. The lowest BCUT2D eigenvalue weighted by atomic mass is 10.1. The molecule has 0 fully saturated rings. The first kappa shape index (κ1) is 16.0. The molecular formula is C18H18N2OS. The second kappa shape index (κ2) is 7.58. The summed E-state index contributed by atoms with van der Waals surface area (Å²) in [5, 5.41) is 12.1. The van der Waals surface area contributed by atoms with Gasteiger partial charge in [0.2, 0.25) is 0 Å². The fourth-order valence-electron chi connectivity index (χ4n) is 1.98. The third-order valence-electron chi connectivity index (χ3n) is 3.23. The predicted molar refractivity (Wildman–Crippen MR) is 94.2 cm³/mol. The molecule has 1 aromatic carbocycles. The number of hydrogen-bond acceptors (Lipinski definition) is 4. The summed E-state index contributed by atoms with van der Waals surface area (Å²) >= 11 is 4.20. The molecule has 0 aromatic heterocycles. The van der Waals surface area contributed by atoms with E-state index in [9.17, 15) is 0 Å². The highest BCUT2D eigenvalue weighted by atomic mass is 32.1. The van der Waals surface area contributed by atoms with Crippen molar-refractivity contribution < 1.29 is 4.74 Å². The molecule has 1 N–H and O–H groups in total. The van der Waals surface area contributed by atoms with Crippen molar-refractivity contribution in [1.29, 1.82) is 5.26 Å². The van der Waals surface area contributed by atoms with Crippen molar-refractivity contribution >= 4 is 24.4 Å². The molecule has 112 valence electrons. The van der Waals surface area contributed by atoms with Gasteiger partial charge in [-0.15, -0.1) is 12.6 Å². The van der Waals surface area contributed by atoms with E-state index in [-0.39, 0.29) is 0 Å². The Labute approximate surface area is 136 Å². The predicted octanol–water partition coefficient (Wildman–Crippen LogP) is 4.66. The molecule has 1 aliphatic rings. The van der Waals surface area contributed by atoms with Crippen molar-refractivity contribution in [3.8, 4) is 6.07 Å². The van der Waals surface area contributed by atoms with Gasteiger partial charge in [-0.2, -0.15) is 5.26 Å². The third-order valence-corrected chi connectivity index (χ3v) is 3.59. The van der Waals surface area contributed by atoms with E-state index in [0.29, 0.717) is 10.7 Å². The molecule has 1 aromatic rings. The number of ether oxygens (including phenoxy) is 1. The molecule has 1 aliphatic heterocycles. The van der Waals surface area contributed by atoms with E-state index in [1.807, 2.05) is 62.5 Å². The highest BCUT2D eigenvalue weighted by molar-refractivity contribution is 7.84. The van der Waals surface area contributed by atoms with Crippen molar-refractivity contribution in [2.24, 2.45) is 0 Å². The number of nitrogens with one attached hydrogen (secondary N) is 1. The minimum absolute atomic E-state index is 0.388. The number of allylic oxidation sites excluding steroid dienone is 6. The Kier molecular flexibility index (Phi) is 5.51. The quantitative estimate of drug-likeness (QED) is 0.628. The number of nitriles is 1. The van der Waals surface area contributed by atoms with Gasteiger partial charge < -0.3 is 10.1 Å². The number of benzene rings is 1. The lowest BCUT2D eigenvalue weighted by Gasteiger charge is -2.15. The number of rotatable bonds is 4. The molecule has 0 radical (unpaired) electrons. The summed E-state index contributed by atoms with van der Waals surface area (Å²) in [6.07, 6.45) is 8.31. The second-order valence-corrected chi connectivity index (χ2v) is 5.18. The van der Waals surface area contributed by atoms with Gasteiger partial charge in [0.1, 0.15) is 17.6 Å². The number of nitrogens with zero attached hydrogens (tertiary/aromatic N) is 1. The van der Waals surface area contributed by atoms with Crippen molar-refractivity contribution in [2.45, 2.75) is 13.3 Å². The molecule has 0 atom stereocenters. The maximum Gasteiger partial charge on any atom is 0.127 e. The lowest BCUT2D eigenvalue weighted by molar-refractivity contribution is 0.304. The van der Waals surface area contributed by atoms with E-state index in [2.05, 4.69) is 24.0 Å². The minimum atomic E-state index is 0.388. The molecule has 0 amide bonds. The second-order valence-electron chi connectivity index (χ2n) is 4.73. The Morgan fingerprint density at radius 3 is 2.59 bits per heavy atom. The van der Waals surface area contributed by atoms with Crippen LogP contribution in [0.3, 0.4) is 0 Å². The van der Waals surface area contributed by atoms with Gasteiger partial charge in [0, 0.05) is 24.7 Å². The third kappa shape index (κ3) is 4.06. The van der Waals surface area contributed by atoms with Gasteiger partial charge in [0.15, 0.2) is 0 Å². The molecule has 0 unspecified atom stereocenters. The first-order chi connectivity index (χ1) is 10.7. The molecule has 0 spiro atoms. The molecule has 0 aliphatic carbocycles. The number of anilines is 1. The topological polar surface area (TPSA) is 45.0 Å². The first-order valence-electron chi connectivity index (χ1n) is 7.05. The van der Waals surface area contributed by atoms with Gasteiger partial charge in [-0.3, -0.25) is 0 Å². The van der Waals surface area contributed by atoms with Crippen LogP contribution in [0.2, 0.25) is 0 Å². The normalized spacial score (nSPS) is 16.5. The van der Waals surface area contributed by atoms with Gasteiger partial charge in [0.05, 0.1) is 4.91 Å². The maximum atomic E-state index is 8.98. The van der Waals surface area contributed by atoms with Crippen molar-refractivity contribution in [1.82, 2.24) is 0 Å². The van der Waals surface area contributed by atoms with Crippen molar-refractivity contribution in [3.05, 3.63) is 70.1 Å². The van der Waals surface area contributed by atoms with E-state index in [4.69, 9.17) is 10.00 Å². The average Bonchev–Trinajstić information content (AvgIpc) is 2.59. The molecule has 4 heteroatoms. The van der Waals surface area contributed by atoms with Crippen LogP contribution in [-0.2, 0) is 4.74 Å². The van der Waals surface area contributed by atoms with Gasteiger partial charge in [-0.1, -0.05) is 25.1 Å². The largest absolute Gasteiger partial charge is 0.462 e. The van der Waals surface area contributed by atoms with Gasteiger partial charge in [0.25, 0.3) is 0 Å². The van der Waals surface area contributed by atoms with Crippen molar-refractivity contribution in [2.75, 3.05) is 12.4 Å². The molecule has 3 nitrogen and oxygen atoms in total. The molecule has 2 rings (SSSR count). The molecule has 22 heavy (non-hydrogen) atoms. The average molecular weight is 310 g/mol. The summed E-state index contributed by atoms with van der Waals surface area (Å²) in [5.41, 5.74) is 2.92. The van der Waals surface area contributed by atoms with Crippen LogP contribution in [0.15, 0.2) is 64.5 Å². The summed E-state index contributed by atoms with van der Waals surface area (Å²) < 4.78 is 5.77. The smallest absolute Gasteiger partial charge is 0.127 e. The van der Waals surface area contributed by atoms with Crippen LogP contribution in [0.5, 0.6) is 0 Å². The Morgan fingerprint density at radius 2 is 2.00 bits per heavy atom. The SMILES string of the molecule is CCC1=C/C(=C(/S)C#N)C=C(C=Cc2ccc(NC)cc2)O1.